The molecule has 120 valence electrons. The second-order valence-corrected chi connectivity index (χ2v) is 5.45. The number of aliphatic imine (C=N–C) groups is 1. The van der Waals surface area contributed by atoms with Gasteiger partial charge in [-0.2, -0.15) is 0 Å². The van der Waals surface area contributed by atoms with Gasteiger partial charge in [0.15, 0.2) is 11.1 Å². The SMILES string of the molecule is CCOCCCN=C(N)N1CCN(c2nccs2)CC1.I. The number of hydrogen-bond acceptors (Lipinski definition) is 5. The van der Waals surface area contributed by atoms with E-state index in [2.05, 4.69) is 19.8 Å². The number of nitrogens with two attached hydrogens (primary N) is 1. The molecular weight excluding hydrogens is 401 g/mol. The second kappa shape index (κ2) is 10.2. The molecule has 6 nitrogen and oxygen atoms in total. The fourth-order valence-corrected chi connectivity index (χ4v) is 2.80. The standard InChI is InChI=1S/C13H23N5OS.HI/c1-2-19-10-3-4-15-12(14)17-6-8-18(9-7-17)13-16-5-11-20-13;/h5,11H,2-4,6-10H2,1H3,(H2,14,15);1H. The topological polar surface area (TPSA) is 67.0 Å². The fraction of sp³-hybridized carbons (Fsp3) is 0.692. The summed E-state index contributed by atoms with van der Waals surface area (Å²) in [5.74, 6) is 0.653. The molecule has 1 aliphatic rings. The van der Waals surface area contributed by atoms with Crippen molar-refractivity contribution in [1.82, 2.24) is 9.88 Å². The Morgan fingerprint density at radius 2 is 2.19 bits per heavy atom. The first-order valence-corrected chi connectivity index (χ1v) is 7.96. The largest absolute Gasteiger partial charge is 0.382 e. The van der Waals surface area contributed by atoms with Gasteiger partial charge in [-0.05, 0) is 13.3 Å². The van der Waals surface area contributed by atoms with E-state index in [0.29, 0.717) is 5.96 Å². The normalized spacial score (nSPS) is 16.0. The van der Waals surface area contributed by atoms with Gasteiger partial charge in [-0.1, -0.05) is 0 Å². The van der Waals surface area contributed by atoms with Crippen LogP contribution in [0.4, 0.5) is 5.13 Å². The van der Waals surface area contributed by atoms with E-state index in [1.165, 1.54) is 0 Å². The van der Waals surface area contributed by atoms with Crippen molar-refractivity contribution in [3.8, 4) is 0 Å². The van der Waals surface area contributed by atoms with Crippen LogP contribution in [0, 0.1) is 0 Å². The molecule has 0 spiro atoms. The Morgan fingerprint density at radius 3 is 2.81 bits per heavy atom. The zero-order valence-corrected chi connectivity index (χ0v) is 15.5. The van der Waals surface area contributed by atoms with Crippen LogP contribution in [-0.4, -0.2) is 61.8 Å². The Bertz CT molecular complexity index is 407. The molecule has 2 rings (SSSR count). The number of thiazole rings is 1. The molecule has 0 unspecified atom stereocenters. The summed E-state index contributed by atoms with van der Waals surface area (Å²) in [5, 5.41) is 3.10. The summed E-state index contributed by atoms with van der Waals surface area (Å²) in [7, 11) is 0. The summed E-state index contributed by atoms with van der Waals surface area (Å²) >= 11 is 1.68. The number of ether oxygens (including phenoxy) is 1. The maximum atomic E-state index is 6.03. The van der Waals surface area contributed by atoms with E-state index in [0.717, 1.165) is 57.5 Å². The maximum Gasteiger partial charge on any atom is 0.191 e. The molecule has 8 heteroatoms. The molecule has 0 saturated carbocycles. The Balaban J connectivity index is 0.00000220. The molecule has 2 heterocycles. The van der Waals surface area contributed by atoms with Crippen LogP contribution >= 0.6 is 35.3 Å². The van der Waals surface area contributed by atoms with Gasteiger partial charge in [-0.25, -0.2) is 4.98 Å². The van der Waals surface area contributed by atoms with E-state index in [-0.39, 0.29) is 24.0 Å². The number of guanidine groups is 1. The number of rotatable bonds is 6. The highest BCUT2D eigenvalue weighted by atomic mass is 127. The third kappa shape index (κ3) is 5.95. The molecule has 1 fully saturated rings. The summed E-state index contributed by atoms with van der Waals surface area (Å²) < 4.78 is 5.28. The highest BCUT2D eigenvalue weighted by molar-refractivity contribution is 14.0. The van der Waals surface area contributed by atoms with Crippen molar-refractivity contribution in [2.75, 3.05) is 50.8 Å². The van der Waals surface area contributed by atoms with Crippen molar-refractivity contribution in [2.45, 2.75) is 13.3 Å². The maximum absolute atomic E-state index is 6.03. The number of aromatic nitrogens is 1. The van der Waals surface area contributed by atoms with Crippen molar-refractivity contribution in [2.24, 2.45) is 10.7 Å². The summed E-state index contributed by atoms with van der Waals surface area (Å²) in [6, 6.07) is 0. The molecule has 0 aliphatic carbocycles. The Kier molecular flexibility index (Phi) is 8.93. The zero-order chi connectivity index (χ0) is 14.2. The zero-order valence-electron chi connectivity index (χ0n) is 12.4. The van der Waals surface area contributed by atoms with E-state index >= 15 is 0 Å². The second-order valence-electron chi connectivity index (χ2n) is 4.58. The molecule has 21 heavy (non-hydrogen) atoms. The van der Waals surface area contributed by atoms with E-state index < -0.39 is 0 Å². The van der Waals surface area contributed by atoms with Gasteiger partial charge in [-0.15, -0.1) is 35.3 Å². The first kappa shape index (κ1) is 18.4. The minimum atomic E-state index is 0. The van der Waals surface area contributed by atoms with Crippen molar-refractivity contribution in [3.63, 3.8) is 0 Å². The lowest BCUT2D eigenvalue weighted by atomic mass is 10.3. The molecule has 0 aromatic carbocycles. The van der Waals surface area contributed by atoms with Crippen LogP contribution in [0.5, 0.6) is 0 Å². The summed E-state index contributed by atoms with van der Waals surface area (Å²) in [6.45, 7) is 7.95. The number of nitrogens with zero attached hydrogens (tertiary/aromatic N) is 4. The molecule has 0 bridgehead atoms. The highest BCUT2D eigenvalue weighted by Gasteiger charge is 2.19. The van der Waals surface area contributed by atoms with E-state index in [1.807, 2.05) is 18.5 Å². The van der Waals surface area contributed by atoms with Gasteiger partial charge in [0, 0.05) is 57.5 Å². The molecule has 1 aromatic heterocycles. The van der Waals surface area contributed by atoms with Crippen molar-refractivity contribution < 1.29 is 4.74 Å². The van der Waals surface area contributed by atoms with Gasteiger partial charge >= 0.3 is 0 Å². The predicted molar refractivity (Wildman–Crippen MR) is 98.9 cm³/mol. The minimum Gasteiger partial charge on any atom is -0.382 e. The molecule has 1 saturated heterocycles. The molecule has 0 radical (unpaired) electrons. The molecule has 1 aromatic rings. The van der Waals surface area contributed by atoms with E-state index in [9.17, 15) is 0 Å². The van der Waals surface area contributed by atoms with Gasteiger partial charge in [0.05, 0.1) is 0 Å². The average molecular weight is 425 g/mol. The Labute approximate surface area is 147 Å². The lowest BCUT2D eigenvalue weighted by Gasteiger charge is -2.35. The van der Waals surface area contributed by atoms with Crippen LogP contribution in [0.1, 0.15) is 13.3 Å². The number of hydrogen-bond donors (Lipinski definition) is 1. The lowest BCUT2D eigenvalue weighted by Crippen LogP contribution is -2.51. The first-order valence-electron chi connectivity index (χ1n) is 7.08. The third-order valence-electron chi connectivity index (χ3n) is 3.22. The summed E-state index contributed by atoms with van der Waals surface area (Å²) in [4.78, 5) is 13.2. The van der Waals surface area contributed by atoms with Crippen molar-refractivity contribution in [1.29, 1.82) is 0 Å². The number of anilines is 1. The van der Waals surface area contributed by atoms with Crippen LogP contribution in [-0.2, 0) is 4.74 Å². The average Bonchev–Trinajstić information content (AvgIpc) is 3.01. The van der Waals surface area contributed by atoms with Crippen LogP contribution in [0.15, 0.2) is 16.6 Å². The molecular formula is C13H24IN5OS. The first-order chi connectivity index (χ1) is 9.81. The molecule has 1 aliphatic heterocycles. The summed E-state index contributed by atoms with van der Waals surface area (Å²) in [6.07, 6.45) is 2.77. The van der Waals surface area contributed by atoms with E-state index in [4.69, 9.17) is 10.5 Å². The van der Waals surface area contributed by atoms with Crippen LogP contribution < -0.4 is 10.6 Å². The van der Waals surface area contributed by atoms with Gasteiger partial charge in [0.2, 0.25) is 0 Å². The van der Waals surface area contributed by atoms with Gasteiger partial charge < -0.3 is 20.3 Å². The lowest BCUT2D eigenvalue weighted by molar-refractivity contribution is 0.146. The number of piperazine rings is 1. The van der Waals surface area contributed by atoms with Gasteiger partial charge in [0.1, 0.15) is 0 Å². The Hall–Kier alpha value is -0.610. The van der Waals surface area contributed by atoms with Crippen LogP contribution in [0.3, 0.4) is 0 Å². The minimum absolute atomic E-state index is 0. The Morgan fingerprint density at radius 1 is 1.43 bits per heavy atom. The van der Waals surface area contributed by atoms with Crippen LogP contribution in [0.2, 0.25) is 0 Å². The van der Waals surface area contributed by atoms with E-state index in [1.54, 1.807) is 11.3 Å². The van der Waals surface area contributed by atoms with Crippen LogP contribution in [0.25, 0.3) is 0 Å². The van der Waals surface area contributed by atoms with Crippen molar-refractivity contribution in [3.05, 3.63) is 11.6 Å². The molecule has 0 amide bonds. The van der Waals surface area contributed by atoms with Crippen molar-refractivity contribution >= 4 is 46.4 Å². The quantitative estimate of drug-likeness (QED) is 0.325. The monoisotopic (exact) mass is 425 g/mol. The highest BCUT2D eigenvalue weighted by Crippen LogP contribution is 2.18. The fourth-order valence-electron chi connectivity index (χ4n) is 2.10. The van der Waals surface area contributed by atoms with Gasteiger partial charge in [-0.3, -0.25) is 4.99 Å². The predicted octanol–water partition coefficient (Wildman–Crippen LogP) is 1.62. The third-order valence-corrected chi connectivity index (χ3v) is 4.05. The summed E-state index contributed by atoms with van der Waals surface area (Å²) in [5.41, 5.74) is 6.03. The molecule has 2 N–H and O–H groups in total. The van der Waals surface area contributed by atoms with Gasteiger partial charge in [0.25, 0.3) is 0 Å². The number of halogens is 1. The smallest absolute Gasteiger partial charge is 0.191 e. The molecule has 0 atom stereocenters.